The molecule has 1 heterocycles. The van der Waals surface area contributed by atoms with Crippen molar-refractivity contribution in [2.24, 2.45) is 5.41 Å². The summed E-state index contributed by atoms with van der Waals surface area (Å²) in [6.45, 7) is 12.3. The minimum atomic E-state index is 0.370. The average Bonchev–Trinajstić information content (AvgIpc) is 2.28. The third kappa shape index (κ3) is 4.75. The van der Waals surface area contributed by atoms with Gasteiger partial charge in [-0.1, -0.05) is 26.7 Å². The first-order chi connectivity index (χ1) is 8.55. The number of morpholine rings is 1. The van der Waals surface area contributed by atoms with Crippen molar-refractivity contribution >= 4 is 12.6 Å². The summed E-state index contributed by atoms with van der Waals surface area (Å²) in [7, 11) is 0. The van der Waals surface area contributed by atoms with Gasteiger partial charge < -0.3 is 4.74 Å². The molecule has 0 unspecified atom stereocenters. The Balaban J connectivity index is 2.63. The standard InChI is InChI=1S/C15H31NOS/c1-5-7-15(12-18,8-6-2)11-16-9-13(3)17-14(4)10-16/h13-14,18H,5-12H2,1-4H3/t13-,14+. The lowest BCUT2D eigenvalue weighted by Crippen LogP contribution is -2.50. The highest BCUT2D eigenvalue weighted by molar-refractivity contribution is 7.80. The molecule has 0 amide bonds. The summed E-state index contributed by atoms with van der Waals surface area (Å²) < 4.78 is 5.82. The Morgan fingerprint density at radius 3 is 2.00 bits per heavy atom. The molecule has 0 spiro atoms. The van der Waals surface area contributed by atoms with Crippen LogP contribution in [0.1, 0.15) is 53.4 Å². The minimum Gasteiger partial charge on any atom is -0.373 e. The van der Waals surface area contributed by atoms with Crippen molar-refractivity contribution in [3.63, 3.8) is 0 Å². The molecular weight excluding hydrogens is 242 g/mol. The van der Waals surface area contributed by atoms with Crippen molar-refractivity contribution in [2.45, 2.75) is 65.6 Å². The molecule has 0 saturated carbocycles. The van der Waals surface area contributed by atoms with Crippen molar-refractivity contribution in [3.8, 4) is 0 Å². The fourth-order valence-corrected chi connectivity index (χ4v) is 3.86. The second-order valence-corrected chi connectivity index (χ2v) is 6.43. The Bertz CT molecular complexity index is 219. The van der Waals surface area contributed by atoms with Crippen LogP contribution >= 0.6 is 12.6 Å². The molecular formula is C15H31NOS. The molecule has 1 fully saturated rings. The minimum absolute atomic E-state index is 0.370. The molecule has 0 aromatic rings. The fourth-order valence-electron chi connectivity index (χ4n) is 3.44. The van der Waals surface area contributed by atoms with E-state index in [0.29, 0.717) is 17.6 Å². The molecule has 18 heavy (non-hydrogen) atoms. The van der Waals surface area contributed by atoms with Gasteiger partial charge in [0.05, 0.1) is 12.2 Å². The molecule has 1 rings (SSSR count). The Hall–Kier alpha value is 0.270. The molecule has 2 atom stereocenters. The Morgan fingerprint density at radius 1 is 1.11 bits per heavy atom. The number of hydrogen-bond acceptors (Lipinski definition) is 3. The summed E-state index contributed by atoms with van der Waals surface area (Å²) in [5.74, 6) is 1.01. The molecule has 0 radical (unpaired) electrons. The van der Waals surface area contributed by atoms with Crippen molar-refractivity contribution < 1.29 is 4.74 Å². The quantitative estimate of drug-likeness (QED) is 0.711. The molecule has 0 aliphatic carbocycles. The first-order valence-electron chi connectivity index (χ1n) is 7.54. The van der Waals surface area contributed by atoms with Crippen LogP contribution in [0, 0.1) is 5.41 Å². The largest absolute Gasteiger partial charge is 0.373 e. The van der Waals surface area contributed by atoms with Gasteiger partial charge in [-0.25, -0.2) is 0 Å². The summed E-state index contributed by atoms with van der Waals surface area (Å²) in [5, 5.41) is 0. The molecule has 0 aromatic heterocycles. The van der Waals surface area contributed by atoms with Crippen LogP contribution in [0.25, 0.3) is 0 Å². The van der Waals surface area contributed by atoms with E-state index in [0.717, 1.165) is 18.8 Å². The van der Waals surface area contributed by atoms with E-state index in [4.69, 9.17) is 4.74 Å². The Kier molecular flexibility index (Phi) is 7.04. The molecule has 2 nitrogen and oxygen atoms in total. The summed E-state index contributed by atoms with van der Waals surface area (Å²) in [5.41, 5.74) is 0.406. The third-order valence-corrected chi connectivity index (χ3v) is 4.62. The number of rotatable bonds is 7. The zero-order valence-corrected chi connectivity index (χ0v) is 13.5. The number of hydrogen-bond donors (Lipinski definition) is 1. The predicted molar refractivity (Wildman–Crippen MR) is 82.6 cm³/mol. The highest BCUT2D eigenvalue weighted by Crippen LogP contribution is 2.33. The highest BCUT2D eigenvalue weighted by Gasteiger charge is 2.32. The second kappa shape index (κ2) is 7.76. The maximum atomic E-state index is 5.82. The van der Waals surface area contributed by atoms with Gasteiger partial charge in [0.15, 0.2) is 0 Å². The van der Waals surface area contributed by atoms with Crippen molar-refractivity contribution in [2.75, 3.05) is 25.4 Å². The summed E-state index contributed by atoms with van der Waals surface area (Å²) in [6, 6.07) is 0. The van der Waals surface area contributed by atoms with Gasteiger partial charge in [0.25, 0.3) is 0 Å². The van der Waals surface area contributed by atoms with Crippen LogP contribution in [0.5, 0.6) is 0 Å². The van der Waals surface area contributed by atoms with Crippen LogP contribution in [0.15, 0.2) is 0 Å². The van der Waals surface area contributed by atoms with Gasteiger partial charge in [-0.15, -0.1) is 0 Å². The summed E-state index contributed by atoms with van der Waals surface area (Å²) >= 11 is 4.66. The zero-order valence-electron chi connectivity index (χ0n) is 12.6. The van der Waals surface area contributed by atoms with Crippen LogP contribution in [0.3, 0.4) is 0 Å². The first kappa shape index (κ1) is 16.3. The van der Waals surface area contributed by atoms with Gasteiger partial charge in [-0.05, 0) is 37.9 Å². The first-order valence-corrected chi connectivity index (χ1v) is 8.17. The van der Waals surface area contributed by atoms with Crippen molar-refractivity contribution in [3.05, 3.63) is 0 Å². The van der Waals surface area contributed by atoms with Gasteiger partial charge in [-0.2, -0.15) is 12.6 Å². The number of nitrogens with zero attached hydrogens (tertiary/aromatic N) is 1. The van der Waals surface area contributed by atoms with Crippen molar-refractivity contribution in [1.29, 1.82) is 0 Å². The summed E-state index contributed by atoms with van der Waals surface area (Å²) in [4.78, 5) is 2.60. The van der Waals surface area contributed by atoms with Crippen LogP contribution in [-0.2, 0) is 4.74 Å². The number of ether oxygens (including phenoxy) is 1. The SMILES string of the molecule is CCCC(CS)(CCC)CN1C[C@@H](C)O[C@@H](C)C1. The van der Waals surface area contributed by atoms with Crippen LogP contribution in [-0.4, -0.2) is 42.5 Å². The Labute approximate surface area is 119 Å². The monoisotopic (exact) mass is 273 g/mol. The van der Waals surface area contributed by atoms with Crippen LogP contribution in [0.2, 0.25) is 0 Å². The lowest BCUT2D eigenvalue weighted by atomic mass is 9.80. The lowest BCUT2D eigenvalue weighted by molar-refractivity contribution is -0.0774. The molecule has 0 aromatic carbocycles. The van der Waals surface area contributed by atoms with E-state index >= 15 is 0 Å². The molecule has 3 heteroatoms. The zero-order chi connectivity index (χ0) is 13.6. The van der Waals surface area contributed by atoms with E-state index in [-0.39, 0.29) is 0 Å². The van der Waals surface area contributed by atoms with Gasteiger partial charge in [-0.3, -0.25) is 4.90 Å². The van der Waals surface area contributed by atoms with E-state index in [2.05, 4.69) is 45.2 Å². The molecule has 1 saturated heterocycles. The fraction of sp³-hybridized carbons (Fsp3) is 1.00. The molecule has 1 aliphatic heterocycles. The van der Waals surface area contributed by atoms with Gasteiger partial charge in [0.1, 0.15) is 0 Å². The predicted octanol–water partition coefficient (Wildman–Crippen LogP) is 3.61. The maximum absolute atomic E-state index is 5.82. The van der Waals surface area contributed by atoms with E-state index in [9.17, 15) is 0 Å². The summed E-state index contributed by atoms with van der Waals surface area (Å²) in [6.07, 6.45) is 5.85. The van der Waals surface area contributed by atoms with E-state index in [1.165, 1.54) is 32.2 Å². The van der Waals surface area contributed by atoms with Crippen LogP contribution < -0.4 is 0 Å². The highest BCUT2D eigenvalue weighted by atomic mass is 32.1. The smallest absolute Gasteiger partial charge is 0.0678 e. The van der Waals surface area contributed by atoms with Gasteiger partial charge >= 0.3 is 0 Å². The van der Waals surface area contributed by atoms with E-state index in [1.807, 2.05) is 0 Å². The molecule has 1 aliphatic rings. The molecule has 108 valence electrons. The number of thiol groups is 1. The maximum Gasteiger partial charge on any atom is 0.0678 e. The average molecular weight is 273 g/mol. The van der Waals surface area contributed by atoms with Crippen LogP contribution in [0.4, 0.5) is 0 Å². The Morgan fingerprint density at radius 2 is 1.61 bits per heavy atom. The van der Waals surface area contributed by atoms with Gasteiger partial charge in [0.2, 0.25) is 0 Å². The molecule has 0 N–H and O–H groups in total. The van der Waals surface area contributed by atoms with Gasteiger partial charge in [0, 0.05) is 19.6 Å². The van der Waals surface area contributed by atoms with E-state index in [1.54, 1.807) is 0 Å². The normalized spacial score (nSPS) is 26.5. The second-order valence-electron chi connectivity index (χ2n) is 6.11. The lowest BCUT2D eigenvalue weighted by Gasteiger charge is -2.42. The van der Waals surface area contributed by atoms with E-state index < -0.39 is 0 Å². The van der Waals surface area contributed by atoms with Crippen molar-refractivity contribution in [1.82, 2.24) is 4.90 Å². The topological polar surface area (TPSA) is 12.5 Å². The molecule has 0 bridgehead atoms. The third-order valence-electron chi connectivity index (χ3n) is 3.95.